The first-order valence-electron chi connectivity index (χ1n) is 7.09. The van der Waals surface area contributed by atoms with Gasteiger partial charge in [-0.25, -0.2) is 0 Å². The monoisotopic (exact) mass is 283 g/mol. The van der Waals surface area contributed by atoms with E-state index in [1.54, 1.807) is 0 Å². The van der Waals surface area contributed by atoms with Crippen LogP contribution in [0, 0.1) is 0 Å². The van der Waals surface area contributed by atoms with E-state index < -0.39 is 0 Å². The van der Waals surface area contributed by atoms with E-state index in [0.717, 1.165) is 24.1 Å². The molecular formula is C17H21N3O. The summed E-state index contributed by atoms with van der Waals surface area (Å²) in [5, 5.41) is 15.3. The Bertz CT molecular complexity index is 596. The van der Waals surface area contributed by atoms with Crippen molar-refractivity contribution in [3.05, 3.63) is 71.3 Å². The van der Waals surface area contributed by atoms with Gasteiger partial charge in [-0.05, 0) is 23.6 Å². The maximum Gasteiger partial charge on any atom is 0.170 e. The Morgan fingerprint density at radius 3 is 2.62 bits per heavy atom. The fourth-order valence-electron chi connectivity index (χ4n) is 2.32. The minimum atomic E-state index is 0.131. The van der Waals surface area contributed by atoms with Crippen LogP contribution in [0.4, 0.5) is 0 Å². The van der Waals surface area contributed by atoms with Gasteiger partial charge < -0.3 is 16.3 Å². The minimum absolute atomic E-state index is 0.131. The molecule has 0 fully saturated rings. The van der Waals surface area contributed by atoms with E-state index >= 15 is 0 Å². The quantitative estimate of drug-likeness (QED) is 0.330. The van der Waals surface area contributed by atoms with Crippen LogP contribution in [0.3, 0.4) is 0 Å². The summed E-state index contributed by atoms with van der Waals surface area (Å²) in [5.74, 6) is 0.131. The van der Waals surface area contributed by atoms with E-state index in [4.69, 9.17) is 10.9 Å². The maximum absolute atomic E-state index is 8.73. The predicted octanol–water partition coefficient (Wildman–Crippen LogP) is 3.02. The molecule has 0 heterocycles. The molecule has 0 aliphatic carbocycles. The molecule has 0 amide bonds. The van der Waals surface area contributed by atoms with Crippen molar-refractivity contribution in [2.75, 3.05) is 0 Å². The largest absolute Gasteiger partial charge is 0.409 e. The Morgan fingerprint density at radius 1 is 1.19 bits per heavy atom. The van der Waals surface area contributed by atoms with E-state index in [-0.39, 0.29) is 5.84 Å². The molecule has 0 aliphatic heterocycles. The maximum atomic E-state index is 8.73. The van der Waals surface area contributed by atoms with Crippen LogP contribution in [0.15, 0.2) is 59.8 Å². The topological polar surface area (TPSA) is 70.6 Å². The van der Waals surface area contributed by atoms with Crippen LogP contribution >= 0.6 is 0 Å². The van der Waals surface area contributed by atoms with Crippen LogP contribution in [-0.2, 0) is 6.54 Å². The van der Waals surface area contributed by atoms with Crippen LogP contribution < -0.4 is 11.1 Å². The number of oxime groups is 1. The van der Waals surface area contributed by atoms with Crippen molar-refractivity contribution in [1.82, 2.24) is 5.32 Å². The van der Waals surface area contributed by atoms with Crippen LogP contribution in [-0.4, -0.2) is 11.0 Å². The third-order valence-electron chi connectivity index (χ3n) is 3.49. The molecule has 21 heavy (non-hydrogen) atoms. The molecule has 0 spiro atoms. The first-order chi connectivity index (χ1) is 10.2. The van der Waals surface area contributed by atoms with E-state index in [1.165, 1.54) is 5.56 Å². The van der Waals surface area contributed by atoms with Gasteiger partial charge in [0.25, 0.3) is 0 Å². The first-order valence-corrected chi connectivity index (χ1v) is 7.09. The second-order valence-electron chi connectivity index (χ2n) is 4.94. The van der Waals surface area contributed by atoms with Gasteiger partial charge >= 0.3 is 0 Å². The Labute approximate surface area is 125 Å². The summed E-state index contributed by atoms with van der Waals surface area (Å²) in [6, 6.07) is 18.4. The lowest BCUT2D eigenvalue weighted by molar-refractivity contribution is 0.318. The van der Waals surface area contributed by atoms with Gasteiger partial charge in [0, 0.05) is 18.2 Å². The SMILES string of the molecule is CCC(NCc1cccc(C(N)=NO)c1)c1ccccc1. The normalized spacial score (nSPS) is 13.1. The molecule has 2 aromatic rings. The van der Waals surface area contributed by atoms with E-state index in [9.17, 15) is 0 Å². The third-order valence-corrected chi connectivity index (χ3v) is 3.49. The van der Waals surface area contributed by atoms with Gasteiger partial charge in [-0.3, -0.25) is 0 Å². The molecule has 2 rings (SSSR count). The van der Waals surface area contributed by atoms with E-state index in [0.29, 0.717) is 6.04 Å². The number of nitrogens with zero attached hydrogens (tertiary/aromatic N) is 1. The number of amidine groups is 1. The van der Waals surface area contributed by atoms with Gasteiger partial charge in [0.05, 0.1) is 0 Å². The molecule has 0 saturated heterocycles. The van der Waals surface area contributed by atoms with Gasteiger partial charge in [-0.1, -0.05) is 60.6 Å². The summed E-state index contributed by atoms with van der Waals surface area (Å²) in [6.45, 7) is 2.90. The number of hydrogen-bond donors (Lipinski definition) is 3. The highest BCUT2D eigenvalue weighted by Crippen LogP contribution is 2.17. The first kappa shape index (κ1) is 15.1. The van der Waals surface area contributed by atoms with E-state index in [1.807, 2.05) is 30.3 Å². The van der Waals surface area contributed by atoms with Crippen molar-refractivity contribution < 1.29 is 5.21 Å². The lowest BCUT2D eigenvalue weighted by Crippen LogP contribution is -2.20. The molecule has 0 aliphatic rings. The molecule has 0 saturated carbocycles. The van der Waals surface area contributed by atoms with Crippen molar-refractivity contribution in [2.45, 2.75) is 25.9 Å². The number of hydrogen-bond acceptors (Lipinski definition) is 3. The third kappa shape index (κ3) is 4.07. The Morgan fingerprint density at radius 2 is 1.95 bits per heavy atom. The van der Waals surface area contributed by atoms with Crippen molar-refractivity contribution in [2.24, 2.45) is 10.9 Å². The lowest BCUT2D eigenvalue weighted by atomic mass is 10.0. The van der Waals surface area contributed by atoms with Crippen LogP contribution in [0.1, 0.15) is 36.1 Å². The molecule has 1 unspecified atom stereocenters. The average Bonchev–Trinajstić information content (AvgIpc) is 2.56. The summed E-state index contributed by atoms with van der Waals surface area (Å²) in [4.78, 5) is 0. The molecule has 2 aromatic carbocycles. The van der Waals surface area contributed by atoms with Gasteiger partial charge in [0.2, 0.25) is 0 Å². The molecular weight excluding hydrogens is 262 g/mol. The molecule has 1 atom stereocenters. The standard InChI is InChI=1S/C17H21N3O/c1-2-16(14-8-4-3-5-9-14)19-12-13-7-6-10-15(11-13)17(18)20-21/h3-11,16,19,21H,2,12H2,1H3,(H2,18,20). The second-order valence-corrected chi connectivity index (χ2v) is 4.94. The summed E-state index contributed by atoms with van der Waals surface area (Å²) >= 11 is 0. The Balaban J connectivity index is 2.05. The second kappa shape index (κ2) is 7.45. The van der Waals surface area contributed by atoms with E-state index in [2.05, 4.69) is 41.7 Å². The molecule has 0 aromatic heterocycles. The van der Waals surface area contributed by atoms with Gasteiger partial charge in [-0.15, -0.1) is 0 Å². The fraction of sp³-hybridized carbons (Fsp3) is 0.235. The average molecular weight is 283 g/mol. The highest BCUT2D eigenvalue weighted by atomic mass is 16.4. The van der Waals surface area contributed by atoms with Crippen molar-refractivity contribution in [1.29, 1.82) is 0 Å². The number of benzene rings is 2. The molecule has 4 nitrogen and oxygen atoms in total. The molecule has 4 heteroatoms. The zero-order chi connectivity index (χ0) is 15.1. The van der Waals surface area contributed by atoms with Gasteiger partial charge in [0.1, 0.15) is 0 Å². The summed E-state index contributed by atoms with van der Waals surface area (Å²) < 4.78 is 0. The number of nitrogens with one attached hydrogen (secondary N) is 1. The fourth-order valence-corrected chi connectivity index (χ4v) is 2.32. The Hall–Kier alpha value is -2.33. The molecule has 0 radical (unpaired) electrons. The molecule has 110 valence electrons. The minimum Gasteiger partial charge on any atom is -0.409 e. The summed E-state index contributed by atoms with van der Waals surface area (Å²) in [7, 11) is 0. The summed E-state index contributed by atoms with van der Waals surface area (Å²) in [6.07, 6.45) is 1.02. The highest BCUT2D eigenvalue weighted by Gasteiger charge is 2.08. The van der Waals surface area contributed by atoms with Crippen LogP contribution in [0.25, 0.3) is 0 Å². The van der Waals surface area contributed by atoms with Crippen LogP contribution in [0.5, 0.6) is 0 Å². The summed E-state index contributed by atoms with van der Waals surface area (Å²) in [5.41, 5.74) is 8.73. The Kier molecular flexibility index (Phi) is 5.35. The van der Waals surface area contributed by atoms with Gasteiger partial charge in [0.15, 0.2) is 5.84 Å². The number of nitrogens with two attached hydrogens (primary N) is 1. The zero-order valence-electron chi connectivity index (χ0n) is 12.2. The number of rotatable bonds is 6. The molecule has 0 bridgehead atoms. The predicted molar refractivity (Wildman–Crippen MR) is 85.3 cm³/mol. The van der Waals surface area contributed by atoms with Crippen molar-refractivity contribution in [3.8, 4) is 0 Å². The van der Waals surface area contributed by atoms with Gasteiger partial charge in [-0.2, -0.15) is 0 Å². The smallest absolute Gasteiger partial charge is 0.170 e. The molecule has 4 N–H and O–H groups in total. The van der Waals surface area contributed by atoms with Crippen LogP contribution in [0.2, 0.25) is 0 Å². The zero-order valence-corrected chi connectivity index (χ0v) is 12.2. The highest BCUT2D eigenvalue weighted by molar-refractivity contribution is 5.97. The van der Waals surface area contributed by atoms with Crippen molar-refractivity contribution >= 4 is 5.84 Å². The van der Waals surface area contributed by atoms with Crippen molar-refractivity contribution in [3.63, 3.8) is 0 Å². The lowest BCUT2D eigenvalue weighted by Gasteiger charge is -2.17.